The van der Waals surface area contributed by atoms with Crippen LogP contribution in [0.5, 0.6) is 0 Å². The first-order valence-corrected chi connectivity index (χ1v) is 7.65. The Balaban J connectivity index is 1.98. The SMILES string of the molecule is CCC1CCN(c2nc(CN)cc3ccccc23)CC1. The van der Waals surface area contributed by atoms with Gasteiger partial charge in [-0.3, -0.25) is 0 Å². The molecule has 0 unspecified atom stereocenters. The molecule has 1 aromatic heterocycles. The van der Waals surface area contributed by atoms with Crippen LogP contribution in [0.3, 0.4) is 0 Å². The van der Waals surface area contributed by atoms with E-state index in [-0.39, 0.29) is 0 Å². The highest BCUT2D eigenvalue weighted by Gasteiger charge is 2.20. The Morgan fingerprint density at radius 3 is 2.70 bits per heavy atom. The van der Waals surface area contributed by atoms with Crippen molar-refractivity contribution in [2.45, 2.75) is 32.7 Å². The number of anilines is 1. The van der Waals surface area contributed by atoms with Gasteiger partial charge in [-0.15, -0.1) is 0 Å². The molecule has 1 fully saturated rings. The summed E-state index contributed by atoms with van der Waals surface area (Å²) in [6, 6.07) is 10.6. The number of piperidine rings is 1. The molecule has 0 bridgehead atoms. The number of hydrogen-bond donors (Lipinski definition) is 1. The number of aromatic nitrogens is 1. The van der Waals surface area contributed by atoms with Crippen LogP contribution < -0.4 is 10.6 Å². The molecule has 3 rings (SSSR count). The van der Waals surface area contributed by atoms with E-state index in [1.165, 1.54) is 30.0 Å². The predicted molar refractivity (Wildman–Crippen MR) is 84.9 cm³/mol. The van der Waals surface area contributed by atoms with Gasteiger partial charge in [-0.25, -0.2) is 4.98 Å². The fourth-order valence-electron chi connectivity index (χ4n) is 3.13. The highest BCUT2D eigenvalue weighted by Crippen LogP contribution is 2.30. The van der Waals surface area contributed by atoms with Gasteiger partial charge in [-0.1, -0.05) is 37.6 Å². The van der Waals surface area contributed by atoms with Gasteiger partial charge in [-0.2, -0.15) is 0 Å². The zero-order valence-corrected chi connectivity index (χ0v) is 12.2. The quantitative estimate of drug-likeness (QED) is 0.929. The molecule has 2 heterocycles. The minimum Gasteiger partial charge on any atom is -0.356 e. The average Bonchev–Trinajstić information content (AvgIpc) is 2.54. The molecular formula is C17H23N3. The van der Waals surface area contributed by atoms with Crippen LogP contribution >= 0.6 is 0 Å². The molecule has 0 radical (unpaired) electrons. The number of nitrogens with zero attached hydrogens (tertiary/aromatic N) is 2. The third-order valence-corrected chi connectivity index (χ3v) is 4.47. The van der Waals surface area contributed by atoms with Crippen molar-refractivity contribution in [2.24, 2.45) is 11.7 Å². The number of fused-ring (bicyclic) bond motifs is 1. The lowest BCUT2D eigenvalue weighted by molar-refractivity contribution is 0.394. The second-order valence-electron chi connectivity index (χ2n) is 5.70. The molecule has 1 aliphatic rings. The summed E-state index contributed by atoms with van der Waals surface area (Å²) in [5.74, 6) is 2.01. The zero-order chi connectivity index (χ0) is 13.9. The summed E-state index contributed by atoms with van der Waals surface area (Å²) in [4.78, 5) is 7.23. The molecule has 2 aromatic rings. The van der Waals surface area contributed by atoms with Crippen molar-refractivity contribution in [1.29, 1.82) is 0 Å². The normalized spacial score (nSPS) is 16.8. The number of nitrogens with two attached hydrogens (primary N) is 1. The van der Waals surface area contributed by atoms with Gasteiger partial charge in [0.2, 0.25) is 0 Å². The Morgan fingerprint density at radius 1 is 1.25 bits per heavy atom. The molecule has 1 aromatic carbocycles. The summed E-state index contributed by atoms with van der Waals surface area (Å²) >= 11 is 0. The summed E-state index contributed by atoms with van der Waals surface area (Å²) in [6.45, 7) is 5.03. The fraction of sp³-hybridized carbons (Fsp3) is 0.471. The Hall–Kier alpha value is -1.61. The second kappa shape index (κ2) is 5.80. The van der Waals surface area contributed by atoms with Crippen LogP contribution in [0.2, 0.25) is 0 Å². The number of pyridine rings is 1. The molecular weight excluding hydrogens is 246 g/mol. The van der Waals surface area contributed by atoms with Gasteiger partial charge in [-0.05, 0) is 30.2 Å². The van der Waals surface area contributed by atoms with E-state index in [1.54, 1.807) is 0 Å². The van der Waals surface area contributed by atoms with E-state index < -0.39 is 0 Å². The lowest BCUT2D eigenvalue weighted by Crippen LogP contribution is -2.34. The van der Waals surface area contributed by atoms with Gasteiger partial charge in [0.15, 0.2) is 0 Å². The largest absolute Gasteiger partial charge is 0.356 e. The average molecular weight is 269 g/mol. The summed E-state index contributed by atoms with van der Waals surface area (Å²) in [6.07, 6.45) is 3.85. The minimum absolute atomic E-state index is 0.503. The van der Waals surface area contributed by atoms with Gasteiger partial charge in [0.1, 0.15) is 5.82 Å². The van der Waals surface area contributed by atoms with E-state index >= 15 is 0 Å². The summed E-state index contributed by atoms with van der Waals surface area (Å²) in [7, 11) is 0. The maximum atomic E-state index is 5.80. The van der Waals surface area contributed by atoms with Crippen molar-refractivity contribution in [3.05, 3.63) is 36.0 Å². The summed E-state index contributed by atoms with van der Waals surface area (Å²) < 4.78 is 0. The smallest absolute Gasteiger partial charge is 0.136 e. The van der Waals surface area contributed by atoms with Crippen LogP contribution in [-0.2, 0) is 6.54 Å². The third kappa shape index (κ3) is 2.50. The number of hydrogen-bond acceptors (Lipinski definition) is 3. The maximum absolute atomic E-state index is 5.80. The first-order chi connectivity index (χ1) is 9.81. The highest BCUT2D eigenvalue weighted by molar-refractivity contribution is 5.92. The number of rotatable bonds is 3. The molecule has 2 N–H and O–H groups in total. The molecule has 0 amide bonds. The molecule has 1 saturated heterocycles. The standard InChI is InChI=1S/C17H23N3/c1-2-13-7-9-20(10-8-13)17-16-6-4-3-5-14(16)11-15(12-18)19-17/h3-6,11,13H,2,7-10,12,18H2,1H3. The van der Waals surface area contributed by atoms with Crippen molar-refractivity contribution in [1.82, 2.24) is 4.98 Å². The van der Waals surface area contributed by atoms with E-state index in [1.807, 2.05) is 0 Å². The van der Waals surface area contributed by atoms with E-state index in [0.29, 0.717) is 6.54 Å². The fourth-order valence-corrected chi connectivity index (χ4v) is 3.13. The van der Waals surface area contributed by atoms with Crippen molar-refractivity contribution < 1.29 is 0 Å². The van der Waals surface area contributed by atoms with E-state index in [4.69, 9.17) is 10.7 Å². The van der Waals surface area contributed by atoms with Crippen LogP contribution in [0.1, 0.15) is 31.9 Å². The Morgan fingerprint density at radius 2 is 2.00 bits per heavy atom. The van der Waals surface area contributed by atoms with E-state index in [9.17, 15) is 0 Å². The maximum Gasteiger partial charge on any atom is 0.136 e. The van der Waals surface area contributed by atoms with E-state index in [2.05, 4.69) is 42.2 Å². The molecule has 106 valence electrons. The highest BCUT2D eigenvalue weighted by atomic mass is 15.2. The lowest BCUT2D eigenvalue weighted by Gasteiger charge is -2.33. The molecule has 3 nitrogen and oxygen atoms in total. The monoisotopic (exact) mass is 269 g/mol. The molecule has 20 heavy (non-hydrogen) atoms. The van der Waals surface area contributed by atoms with Crippen LogP contribution in [0.25, 0.3) is 10.8 Å². The van der Waals surface area contributed by atoms with E-state index in [0.717, 1.165) is 30.5 Å². The molecule has 0 spiro atoms. The summed E-state index contributed by atoms with van der Waals surface area (Å²) in [5, 5.41) is 2.50. The van der Waals surface area contributed by atoms with Crippen molar-refractivity contribution in [2.75, 3.05) is 18.0 Å². The van der Waals surface area contributed by atoms with Crippen molar-refractivity contribution >= 4 is 16.6 Å². The first-order valence-electron chi connectivity index (χ1n) is 7.65. The Kier molecular flexibility index (Phi) is 3.88. The Labute approximate surface area is 120 Å². The predicted octanol–water partition coefficient (Wildman–Crippen LogP) is 3.32. The second-order valence-corrected chi connectivity index (χ2v) is 5.70. The van der Waals surface area contributed by atoms with Gasteiger partial charge >= 0.3 is 0 Å². The van der Waals surface area contributed by atoms with Crippen molar-refractivity contribution in [3.8, 4) is 0 Å². The van der Waals surface area contributed by atoms with Crippen LogP contribution in [0.4, 0.5) is 5.82 Å². The molecule has 3 heteroatoms. The van der Waals surface area contributed by atoms with Crippen molar-refractivity contribution in [3.63, 3.8) is 0 Å². The van der Waals surface area contributed by atoms with Gasteiger partial charge < -0.3 is 10.6 Å². The molecule has 1 aliphatic heterocycles. The topological polar surface area (TPSA) is 42.2 Å². The number of benzene rings is 1. The van der Waals surface area contributed by atoms with Gasteiger partial charge in [0, 0.05) is 25.0 Å². The lowest BCUT2D eigenvalue weighted by atomic mass is 9.94. The third-order valence-electron chi connectivity index (χ3n) is 4.47. The summed E-state index contributed by atoms with van der Waals surface area (Å²) in [5.41, 5.74) is 6.78. The molecule has 0 atom stereocenters. The van der Waals surface area contributed by atoms with Gasteiger partial charge in [0.25, 0.3) is 0 Å². The zero-order valence-electron chi connectivity index (χ0n) is 12.2. The molecule has 0 aliphatic carbocycles. The van der Waals surface area contributed by atoms with Gasteiger partial charge in [0.05, 0.1) is 5.69 Å². The first kappa shape index (κ1) is 13.4. The van der Waals surface area contributed by atoms with Crippen LogP contribution in [0.15, 0.2) is 30.3 Å². The Bertz CT molecular complexity index is 586. The minimum atomic E-state index is 0.503. The van der Waals surface area contributed by atoms with Crippen LogP contribution in [-0.4, -0.2) is 18.1 Å². The molecule has 0 saturated carbocycles. The van der Waals surface area contributed by atoms with Crippen LogP contribution in [0, 0.1) is 5.92 Å².